The Balaban J connectivity index is 1.64. The Bertz CT molecular complexity index is 814. The molecule has 1 aromatic heterocycles. The van der Waals surface area contributed by atoms with Crippen LogP contribution in [0.15, 0.2) is 24.5 Å². The van der Waals surface area contributed by atoms with Crippen LogP contribution in [0.25, 0.3) is 0 Å². The highest BCUT2D eigenvalue weighted by Gasteiger charge is 2.35. The first-order valence-corrected chi connectivity index (χ1v) is 7.93. The van der Waals surface area contributed by atoms with E-state index < -0.39 is 5.92 Å². The maximum atomic E-state index is 13.1. The standard InChI is InChI=1S/C17H18N4O3/c1-24-10-2-3-13-11(6-10)12(7-16(22)20-13)17(23)21-5-4-14-15(8-21)19-9-18-14/h2-3,6,9,12H,4-5,7-8H2,1H3,(H,18,19)(H,20,22). The van der Waals surface area contributed by atoms with Crippen molar-refractivity contribution in [2.45, 2.75) is 25.3 Å². The maximum absolute atomic E-state index is 13.1. The topological polar surface area (TPSA) is 87.3 Å². The molecule has 1 aromatic carbocycles. The van der Waals surface area contributed by atoms with E-state index in [9.17, 15) is 9.59 Å². The first kappa shape index (κ1) is 14.7. The minimum absolute atomic E-state index is 0.0281. The number of H-pyrrole nitrogens is 1. The summed E-state index contributed by atoms with van der Waals surface area (Å²) in [6.45, 7) is 1.12. The molecule has 4 rings (SSSR count). The van der Waals surface area contributed by atoms with E-state index in [0.29, 0.717) is 24.5 Å². The molecule has 2 aromatic rings. The van der Waals surface area contributed by atoms with Gasteiger partial charge in [0, 0.05) is 25.1 Å². The van der Waals surface area contributed by atoms with Crippen molar-refractivity contribution >= 4 is 17.5 Å². The van der Waals surface area contributed by atoms with E-state index in [4.69, 9.17) is 4.74 Å². The minimum atomic E-state index is -0.478. The summed E-state index contributed by atoms with van der Waals surface area (Å²) in [5.41, 5.74) is 3.49. The molecule has 0 fully saturated rings. The lowest BCUT2D eigenvalue weighted by Gasteiger charge is -2.32. The van der Waals surface area contributed by atoms with Crippen LogP contribution in [0.3, 0.4) is 0 Å². The van der Waals surface area contributed by atoms with Crippen molar-refractivity contribution in [1.82, 2.24) is 14.9 Å². The lowest BCUT2D eigenvalue weighted by atomic mass is 9.88. The first-order valence-electron chi connectivity index (χ1n) is 7.93. The van der Waals surface area contributed by atoms with Crippen LogP contribution in [-0.2, 0) is 22.6 Å². The number of benzene rings is 1. The molecular weight excluding hydrogens is 308 g/mol. The fourth-order valence-corrected chi connectivity index (χ4v) is 3.41. The van der Waals surface area contributed by atoms with Gasteiger partial charge in [-0.25, -0.2) is 4.98 Å². The van der Waals surface area contributed by atoms with Crippen LogP contribution in [0.1, 0.15) is 29.3 Å². The number of fused-ring (bicyclic) bond motifs is 2. The van der Waals surface area contributed by atoms with Crippen molar-refractivity contribution in [3.63, 3.8) is 0 Å². The molecule has 0 spiro atoms. The Morgan fingerprint density at radius 1 is 1.42 bits per heavy atom. The van der Waals surface area contributed by atoms with Gasteiger partial charge in [0.1, 0.15) is 5.75 Å². The van der Waals surface area contributed by atoms with Crippen LogP contribution in [-0.4, -0.2) is 40.3 Å². The first-order chi connectivity index (χ1) is 11.7. The van der Waals surface area contributed by atoms with Gasteiger partial charge in [-0.3, -0.25) is 9.59 Å². The third-order valence-electron chi connectivity index (χ3n) is 4.68. The molecule has 2 amide bonds. The predicted octanol–water partition coefficient (Wildman–Crippen LogP) is 1.43. The normalized spacial score (nSPS) is 19.3. The summed E-state index contributed by atoms with van der Waals surface area (Å²) in [5.74, 6) is 0.0374. The average molecular weight is 326 g/mol. The second kappa shape index (κ2) is 5.67. The summed E-state index contributed by atoms with van der Waals surface area (Å²) < 4.78 is 5.27. The zero-order valence-electron chi connectivity index (χ0n) is 13.3. The van der Waals surface area contributed by atoms with Crippen LogP contribution in [0.2, 0.25) is 0 Å². The van der Waals surface area contributed by atoms with E-state index in [1.807, 2.05) is 6.07 Å². The average Bonchev–Trinajstić information content (AvgIpc) is 3.07. The second-order valence-electron chi connectivity index (χ2n) is 6.10. The van der Waals surface area contributed by atoms with Gasteiger partial charge < -0.3 is 19.9 Å². The lowest BCUT2D eigenvalue weighted by Crippen LogP contribution is -2.41. The van der Waals surface area contributed by atoms with Gasteiger partial charge in [0.25, 0.3) is 0 Å². The molecule has 2 aliphatic rings. The highest BCUT2D eigenvalue weighted by atomic mass is 16.5. The number of aromatic nitrogens is 2. The number of nitrogens with one attached hydrogen (secondary N) is 2. The molecule has 7 nitrogen and oxygen atoms in total. The number of ether oxygens (including phenoxy) is 1. The molecule has 0 radical (unpaired) electrons. The van der Waals surface area contributed by atoms with Gasteiger partial charge in [-0.05, 0) is 23.8 Å². The fourth-order valence-electron chi connectivity index (χ4n) is 3.41. The number of amides is 2. The van der Waals surface area contributed by atoms with E-state index in [0.717, 1.165) is 23.4 Å². The van der Waals surface area contributed by atoms with Crippen LogP contribution in [0.5, 0.6) is 5.75 Å². The molecule has 0 aliphatic carbocycles. The van der Waals surface area contributed by atoms with Crippen LogP contribution in [0, 0.1) is 0 Å². The number of nitrogens with zero attached hydrogens (tertiary/aromatic N) is 2. The number of carbonyl (C=O) groups excluding carboxylic acids is 2. The Kier molecular flexibility index (Phi) is 3.48. The summed E-state index contributed by atoms with van der Waals surface area (Å²) >= 11 is 0. The number of methoxy groups -OCH3 is 1. The summed E-state index contributed by atoms with van der Waals surface area (Å²) in [6.07, 6.45) is 2.55. The third-order valence-corrected chi connectivity index (χ3v) is 4.68. The molecule has 2 aliphatic heterocycles. The summed E-state index contributed by atoms with van der Waals surface area (Å²) in [6, 6.07) is 5.40. The van der Waals surface area contributed by atoms with Gasteiger partial charge in [-0.15, -0.1) is 0 Å². The molecule has 1 unspecified atom stereocenters. The number of rotatable bonds is 2. The molecule has 1 atom stereocenters. The van der Waals surface area contributed by atoms with Crippen LogP contribution >= 0.6 is 0 Å². The molecular formula is C17H18N4O3. The minimum Gasteiger partial charge on any atom is -0.497 e. The van der Waals surface area contributed by atoms with Crippen molar-refractivity contribution in [1.29, 1.82) is 0 Å². The molecule has 2 N–H and O–H groups in total. The Hall–Kier alpha value is -2.83. The monoisotopic (exact) mass is 326 g/mol. The predicted molar refractivity (Wildman–Crippen MR) is 86.7 cm³/mol. The van der Waals surface area contributed by atoms with Crippen molar-refractivity contribution in [2.75, 3.05) is 19.0 Å². The highest BCUT2D eigenvalue weighted by Crippen LogP contribution is 2.36. The van der Waals surface area contributed by atoms with Gasteiger partial charge in [-0.2, -0.15) is 0 Å². The molecule has 124 valence electrons. The Labute approximate surface area is 139 Å². The molecule has 0 saturated carbocycles. The van der Waals surface area contributed by atoms with Crippen molar-refractivity contribution in [3.05, 3.63) is 41.5 Å². The third kappa shape index (κ3) is 2.42. The number of anilines is 1. The Morgan fingerprint density at radius 3 is 3.12 bits per heavy atom. The van der Waals surface area contributed by atoms with Gasteiger partial charge in [-0.1, -0.05) is 0 Å². The maximum Gasteiger partial charge on any atom is 0.231 e. The number of aromatic amines is 1. The van der Waals surface area contributed by atoms with Crippen molar-refractivity contribution in [2.24, 2.45) is 0 Å². The Morgan fingerprint density at radius 2 is 2.29 bits per heavy atom. The zero-order valence-corrected chi connectivity index (χ0v) is 13.3. The highest BCUT2D eigenvalue weighted by molar-refractivity contribution is 6.01. The van der Waals surface area contributed by atoms with Crippen molar-refractivity contribution in [3.8, 4) is 5.75 Å². The second-order valence-corrected chi connectivity index (χ2v) is 6.10. The van der Waals surface area contributed by atoms with E-state index in [1.165, 1.54) is 0 Å². The smallest absolute Gasteiger partial charge is 0.231 e. The largest absolute Gasteiger partial charge is 0.497 e. The summed E-state index contributed by atoms with van der Waals surface area (Å²) in [5, 5.41) is 2.83. The van der Waals surface area contributed by atoms with Gasteiger partial charge >= 0.3 is 0 Å². The lowest BCUT2D eigenvalue weighted by molar-refractivity contribution is -0.135. The number of hydrogen-bond acceptors (Lipinski definition) is 4. The van der Waals surface area contributed by atoms with E-state index in [2.05, 4.69) is 15.3 Å². The summed E-state index contributed by atoms with van der Waals surface area (Å²) in [4.78, 5) is 34.2. The van der Waals surface area contributed by atoms with Gasteiger partial charge in [0.15, 0.2) is 0 Å². The molecule has 0 saturated heterocycles. The number of carbonyl (C=O) groups is 2. The fraction of sp³-hybridized carbons (Fsp3) is 0.353. The molecule has 24 heavy (non-hydrogen) atoms. The van der Waals surface area contributed by atoms with Crippen LogP contribution < -0.4 is 10.1 Å². The van der Waals surface area contributed by atoms with Crippen molar-refractivity contribution < 1.29 is 14.3 Å². The van der Waals surface area contributed by atoms with Gasteiger partial charge in [0.2, 0.25) is 11.8 Å². The van der Waals surface area contributed by atoms with Crippen LogP contribution in [0.4, 0.5) is 5.69 Å². The molecule has 0 bridgehead atoms. The SMILES string of the molecule is COc1ccc2c(c1)C(C(=O)N1CCc3nc[nH]c3C1)CC(=O)N2. The van der Waals surface area contributed by atoms with E-state index in [1.54, 1.807) is 30.5 Å². The summed E-state index contributed by atoms with van der Waals surface area (Å²) in [7, 11) is 1.59. The van der Waals surface area contributed by atoms with E-state index in [-0.39, 0.29) is 18.2 Å². The quantitative estimate of drug-likeness (QED) is 0.874. The van der Waals surface area contributed by atoms with E-state index >= 15 is 0 Å². The number of imidazole rings is 1. The molecule has 3 heterocycles. The molecule has 7 heteroatoms. The zero-order chi connectivity index (χ0) is 16.7. The van der Waals surface area contributed by atoms with Gasteiger partial charge in [0.05, 0.1) is 37.3 Å². The number of hydrogen-bond donors (Lipinski definition) is 2.